The van der Waals surface area contributed by atoms with Crippen LogP contribution >= 0.6 is 24.0 Å². The Bertz CT molecular complexity index is 784. The summed E-state index contributed by atoms with van der Waals surface area (Å²) in [6.45, 7) is 4.88. The topological polar surface area (TPSA) is 64.1 Å². The van der Waals surface area contributed by atoms with Crippen LogP contribution in [0.2, 0.25) is 0 Å². The van der Waals surface area contributed by atoms with Gasteiger partial charge in [-0.2, -0.15) is 0 Å². The van der Waals surface area contributed by atoms with Gasteiger partial charge in [0.1, 0.15) is 11.5 Å². The standard InChI is InChI=1S/C23H33N3O3.HI/c1-18-9-10-22(28-4)20(15-18)11-12-25-23(24-2)26-17-19-7-5-8-21(16-19)29-14-6-13-27-3;/h5,7-10,15-16H,6,11-14,17H2,1-4H3,(H2,24,25,26);1H. The van der Waals surface area contributed by atoms with Crippen molar-refractivity contribution in [1.29, 1.82) is 0 Å². The van der Waals surface area contributed by atoms with E-state index in [1.165, 1.54) is 11.1 Å². The van der Waals surface area contributed by atoms with Crippen molar-refractivity contribution in [1.82, 2.24) is 10.6 Å². The molecular weight excluding hydrogens is 493 g/mol. The van der Waals surface area contributed by atoms with E-state index in [1.54, 1.807) is 21.3 Å². The molecule has 0 saturated carbocycles. The van der Waals surface area contributed by atoms with Crippen LogP contribution in [0.4, 0.5) is 0 Å². The molecule has 2 aromatic rings. The number of hydrogen-bond donors (Lipinski definition) is 2. The molecule has 0 aromatic heterocycles. The largest absolute Gasteiger partial charge is 0.496 e. The minimum Gasteiger partial charge on any atom is -0.496 e. The number of methoxy groups -OCH3 is 2. The molecule has 30 heavy (non-hydrogen) atoms. The van der Waals surface area contributed by atoms with E-state index in [9.17, 15) is 0 Å². The van der Waals surface area contributed by atoms with Crippen LogP contribution in [0.1, 0.15) is 23.1 Å². The maximum atomic E-state index is 5.76. The summed E-state index contributed by atoms with van der Waals surface area (Å²) in [4.78, 5) is 4.30. The van der Waals surface area contributed by atoms with Crippen LogP contribution in [-0.2, 0) is 17.7 Å². The van der Waals surface area contributed by atoms with Crippen molar-refractivity contribution in [3.63, 3.8) is 0 Å². The molecule has 0 bridgehead atoms. The average Bonchev–Trinajstić information content (AvgIpc) is 2.74. The molecule has 0 fully saturated rings. The van der Waals surface area contributed by atoms with Crippen LogP contribution in [0.15, 0.2) is 47.5 Å². The summed E-state index contributed by atoms with van der Waals surface area (Å²) in [5, 5.41) is 6.71. The van der Waals surface area contributed by atoms with E-state index in [2.05, 4.69) is 40.7 Å². The van der Waals surface area contributed by atoms with Crippen molar-refractivity contribution in [3.05, 3.63) is 59.2 Å². The Hall–Kier alpha value is -2.00. The molecule has 0 unspecified atom stereocenters. The summed E-state index contributed by atoms with van der Waals surface area (Å²) in [6.07, 6.45) is 1.73. The van der Waals surface area contributed by atoms with Crippen molar-refractivity contribution in [2.24, 2.45) is 4.99 Å². The molecule has 7 heteroatoms. The molecule has 0 radical (unpaired) electrons. The Balaban J connectivity index is 0.00000450. The second-order valence-electron chi connectivity index (χ2n) is 6.76. The molecule has 0 aliphatic rings. The summed E-state index contributed by atoms with van der Waals surface area (Å²) in [7, 11) is 5.18. The Kier molecular flexibility index (Phi) is 12.9. The van der Waals surface area contributed by atoms with Gasteiger partial charge in [0.05, 0.1) is 13.7 Å². The van der Waals surface area contributed by atoms with Gasteiger partial charge in [-0.15, -0.1) is 24.0 Å². The molecule has 0 heterocycles. The SMILES string of the molecule is CN=C(NCCc1cc(C)ccc1OC)NCc1cccc(OCCCOC)c1.I. The van der Waals surface area contributed by atoms with Gasteiger partial charge in [-0.25, -0.2) is 0 Å². The molecule has 2 N–H and O–H groups in total. The lowest BCUT2D eigenvalue weighted by Crippen LogP contribution is -2.37. The first-order valence-corrected chi connectivity index (χ1v) is 9.95. The Labute approximate surface area is 197 Å². The van der Waals surface area contributed by atoms with E-state index >= 15 is 0 Å². The molecule has 2 rings (SSSR count). The molecule has 0 amide bonds. The first kappa shape index (κ1) is 26.0. The lowest BCUT2D eigenvalue weighted by atomic mass is 10.1. The van der Waals surface area contributed by atoms with Crippen LogP contribution in [0.5, 0.6) is 11.5 Å². The number of benzene rings is 2. The number of ether oxygens (including phenoxy) is 3. The molecule has 0 atom stereocenters. The van der Waals surface area contributed by atoms with E-state index in [0.717, 1.165) is 42.4 Å². The number of hydrogen-bond acceptors (Lipinski definition) is 4. The normalized spacial score (nSPS) is 10.9. The van der Waals surface area contributed by atoms with Gasteiger partial charge in [0, 0.05) is 40.3 Å². The predicted octanol–water partition coefficient (Wildman–Crippen LogP) is 3.94. The quantitative estimate of drug-likeness (QED) is 0.201. The van der Waals surface area contributed by atoms with Gasteiger partial charge in [-0.1, -0.05) is 29.8 Å². The number of halogens is 1. The van der Waals surface area contributed by atoms with Crippen molar-refractivity contribution >= 4 is 29.9 Å². The average molecular weight is 527 g/mol. The number of aliphatic imine (C=N–C) groups is 1. The van der Waals surface area contributed by atoms with E-state index in [0.29, 0.717) is 19.8 Å². The lowest BCUT2D eigenvalue weighted by Gasteiger charge is -2.14. The minimum absolute atomic E-state index is 0. The number of nitrogens with one attached hydrogen (secondary N) is 2. The summed E-state index contributed by atoms with van der Waals surface area (Å²) in [5.41, 5.74) is 3.55. The van der Waals surface area contributed by atoms with E-state index in [4.69, 9.17) is 14.2 Å². The first-order valence-electron chi connectivity index (χ1n) is 9.95. The fraction of sp³-hybridized carbons (Fsp3) is 0.435. The Morgan fingerprint density at radius 3 is 2.60 bits per heavy atom. The summed E-state index contributed by atoms with van der Waals surface area (Å²) in [5.74, 6) is 2.56. The van der Waals surface area contributed by atoms with E-state index in [1.807, 2.05) is 24.3 Å². The van der Waals surface area contributed by atoms with Crippen molar-refractivity contribution in [2.75, 3.05) is 41.0 Å². The highest BCUT2D eigenvalue weighted by Gasteiger charge is 2.05. The zero-order valence-corrected chi connectivity index (χ0v) is 20.7. The third kappa shape index (κ3) is 9.21. The van der Waals surface area contributed by atoms with Crippen LogP contribution in [-0.4, -0.2) is 47.0 Å². The van der Waals surface area contributed by atoms with Gasteiger partial charge in [0.15, 0.2) is 5.96 Å². The second-order valence-corrected chi connectivity index (χ2v) is 6.76. The minimum atomic E-state index is 0. The lowest BCUT2D eigenvalue weighted by molar-refractivity contribution is 0.172. The second kappa shape index (κ2) is 14.9. The number of nitrogens with zero attached hydrogens (tertiary/aromatic N) is 1. The van der Waals surface area contributed by atoms with E-state index in [-0.39, 0.29) is 24.0 Å². The van der Waals surface area contributed by atoms with Crippen LogP contribution in [0.25, 0.3) is 0 Å². The molecule has 0 aliphatic carbocycles. The summed E-state index contributed by atoms with van der Waals surface area (Å²) in [6, 6.07) is 14.3. The zero-order chi connectivity index (χ0) is 20.9. The zero-order valence-electron chi connectivity index (χ0n) is 18.4. The van der Waals surface area contributed by atoms with Crippen molar-refractivity contribution in [3.8, 4) is 11.5 Å². The maximum absolute atomic E-state index is 5.76. The highest BCUT2D eigenvalue weighted by molar-refractivity contribution is 14.0. The van der Waals surface area contributed by atoms with E-state index < -0.39 is 0 Å². The summed E-state index contributed by atoms with van der Waals surface area (Å²) < 4.78 is 16.3. The molecule has 166 valence electrons. The fourth-order valence-electron chi connectivity index (χ4n) is 2.96. The third-order valence-electron chi connectivity index (χ3n) is 4.47. The molecule has 0 spiro atoms. The van der Waals surface area contributed by atoms with Crippen molar-refractivity contribution < 1.29 is 14.2 Å². The number of aryl methyl sites for hydroxylation is 1. The van der Waals surface area contributed by atoms with Crippen LogP contribution in [0, 0.1) is 6.92 Å². The van der Waals surface area contributed by atoms with Gasteiger partial charge >= 0.3 is 0 Å². The van der Waals surface area contributed by atoms with Crippen molar-refractivity contribution in [2.45, 2.75) is 26.3 Å². The highest BCUT2D eigenvalue weighted by Crippen LogP contribution is 2.19. The molecule has 0 saturated heterocycles. The van der Waals surface area contributed by atoms with Gasteiger partial charge < -0.3 is 24.8 Å². The predicted molar refractivity (Wildman–Crippen MR) is 133 cm³/mol. The van der Waals surface area contributed by atoms with Crippen LogP contribution < -0.4 is 20.1 Å². The molecule has 6 nitrogen and oxygen atoms in total. The van der Waals surface area contributed by atoms with Crippen LogP contribution in [0.3, 0.4) is 0 Å². The van der Waals surface area contributed by atoms with Gasteiger partial charge in [0.2, 0.25) is 0 Å². The number of rotatable bonds is 11. The molecule has 0 aliphatic heterocycles. The molecular formula is C23H34IN3O3. The van der Waals surface area contributed by atoms with Gasteiger partial charge in [0.25, 0.3) is 0 Å². The number of guanidine groups is 1. The Morgan fingerprint density at radius 2 is 1.87 bits per heavy atom. The fourth-order valence-corrected chi connectivity index (χ4v) is 2.96. The Morgan fingerprint density at radius 1 is 1.03 bits per heavy atom. The first-order chi connectivity index (χ1) is 14.2. The molecule has 2 aromatic carbocycles. The highest BCUT2D eigenvalue weighted by atomic mass is 127. The summed E-state index contributed by atoms with van der Waals surface area (Å²) >= 11 is 0. The monoisotopic (exact) mass is 527 g/mol. The van der Waals surface area contributed by atoms with Gasteiger partial charge in [-0.3, -0.25) is 4.99 Å². The smallest absolute Gasteiger partial charge is 0.191 e. The third-order valence-corrected chi connectivity index (χ3v) is 4.47. The van der Waals surface area contributed by atoms with Gasteiger partial charge in [-0.05, 0) is 42.7 Å². The maximum Gasteiger partial charge on any atom is 0.191 e.